The number of azide groups is 1. The van der Waals surface area contributed by atoms with Gasteiger partial charge in [0.1, 0.15) is 0 Å². The number of halogens is 2. The first-order valence-electron chi connectivity index (χ1n) is 7.49. The van der Waals surface area contributed by atoms with E-state index in [0.29, 0.717) is 12.3 Å². The zero-order valence-electron chi connectivity index (χ0n) is 13.1. The number of hydrogen-bond acceptors (Lipinski definition) is 4. The van der Waals surface area contributed by atoms with Crippen molar-refractivity contribution in [3.8, 4) is 11.5 Å². The minimum Gasteiger partial charge on any atom is -0.487 e. The third-order valence-electron chi connectivity index (χ3n) is 3.61. The van der Waals surface area contributed by atoms with Crippen molar-refractivity contribution >= 4 is 0 Å². The lowest BCUT2D eigenvalue weighted by atomic mass is 9.96. The van der Waals surface area contributed by atoms with E-state index in [2.05, 4.69) is 20.1 Å². The standard InChI is InChI=1S/C15H20F2N4O2/c1-9(2)22-14-6-10(3-4-13(14)23-15(16)17)11-5-12(19-7-11)8-20-21-18/h3-4,6,9,11-12,15,19H,5,7-8H2,1-2H3/t11-,12-/m1/s1. The first-order valence-corrected chi connectivity index (χ1v) is 7.49. The predicted molar refractivity (Wildman–Crippen MR) is 82.0 cm³/mol. The quantitative estimate of drug-likeness (QED) is 0.470. The van der Waals surface area contributed by atoms with Gasteiger partial charge in [0.15, 0.2) is 11.5 Å². The van der Waals surface area contributed by atoms with Gasteiger partial charge in [0.2, 0.25) is 0 Å². The average molecular weight is 326 g/mol. The lowest BCUT2D eigenvalue weighted by molar-refractivity contribution is -0.0519. The Bertz CT molecular complexity index is 577. The summed E-state index contributed by atoms with van der Waals surface area (Å²) in [5, 5.41) is 6.87. The van der Waals surface area contributed by atoms with Crippen molar-refractivity contribution in [3.05, 3.63) is 34.2 Å². The van der Waals surface area contributed by atoms with E-state index in [1.54, 1.807) is 12.1 Å². The van der Waals surface area contributed by atoms with Gasteiger partial charge in [0.25, 0.3) is 0 Å². The second-order valence-corrected chi connectivity index (χ2v) is 5.70. The van der Waals surface area contributed by atoms with Crippen molar-refractivity contribution in [3.63, 3.8) is 0 Å². The van der Waals surface area contributed by atoms with E-state index in [1.165, 1.54) is 6.07 Å². The summed E-state index contributed by atoms with van der Waals surface area (Å²) in [5.74, 6) is 0.564. The van der Waals surface area contributed by atoms with Crippen LogP contribution in [0.3, 0.4) is 0 Å². The Morgan fingerprint density at radius 2 is 2.13 bits per heavy atom. The van der Waals surface area contributed by atoms with E-state index < -0.39 is 6.61 Å². The highest BCUT2D eigenvalue weighted by atomic mass is 19.3. The Kier molecular flexibility index (Phi) is 6.01. The molecule has 0 radical (unpaired) electrons. The lowest BCUT2D eigenvalue weighted by Crippen LogP contribution is -2.23. The maximum Gasteiger partial charge on any atom is 0.387 e. The highest BCUT2D eigenvalue weighted by molar-refractivity contribution is 5.44. The number of rotatable bonds is 7. The molecule has 1 aromatic rings. The van der Waals surface area contributed by atoms with Gasteiger partial charge < -0.3 is 14.8 Å². The first kappa shape index (κ1) is 17.3. The Morgan fingerprint density at radius 3 is 2.78 bits per heavy atom. The molecule has 1 aromatic carbocycles. The van der Waals surface area contributed by atoms with Crippen LogP contribution in [0.15, 0.2) is 23.3 Å². The zero-order chi connectivity index (χ0) is 16.8. The summed E-state index contributed by atoms with van der Waals surface area (Å²) in [6.45, 7) is 1.89. The van der Waals surface area contributed by atoms with Crippen molar-refractivity contribution in [1.82, 2.24) is 5.32 Å². The molecule has 1 aliphatic rings. The fourth-order valence-corrected chi connectivity index (χ4v) is 2.67. The van der Waals surface area contributed by atoms with Gasteiger partial charge in [0, 0.05) is 24.0 Å². The summed E-state index contributed by atoms with van der Waals surface area (Å²) in [4.78, 5) is 2.76. The van der Waals surface area contributed by atoms with Crippen molar-refractivity contribution in [2.75, 3.05) is 13.1 Å². The molecule has 0 bridgehead atoms. The number of ether oxygens (including phenoxy) is 2. The van der Waals surface area contributed by atoms with E-state index in [4.69, 9.17) is 10.3 Å². The van der Waals surface area contributed by atoms with Crippen molar-refractivity contribution < 1.29 is 18.3 Å². The van der Waals surface area contributed by atoms with Crippen LogP contribution < -0.4 is 14.8 Å². The van der Waals surface area contributed by atoms with Crippen LogP contribution in [-0.4, -0.2) is 31.8 Å². The number of nitrogens with one attached hydrogen (secondary N) is 1. The molecule has 1 saturated heterocycles. The molecule has 126 valence electrons. The summed E-state index contributed by atoms with van der Waals surface area (Å²) in [6, 6.07) is 5.16. The highest BCUT2D eigenvalue weighted by Crippen LogP contribution is 2.35. The molecule has 2 rings (SSSR count). The third-order valence-corrected chi connectivity index (χ3v) is 3.61. The van der Waals surface area contributed by atoms with Gasteiger partial charge in [0.05, 0.1) is 6.10 Å². The molecule has 8 heteroatoms. The van der Waals surface area contributed by atoms with Gasteiger partial charge >= 0.3 is 6.61 Å². The van der Waals surface area contributed by atoms with E-state index in [0.717, 1.165) is 18.5 Å². The molecule has 0 saturated carbocycles. The number of hydrogen-bond donors (Lipinski definition) is 1. The van der Waals surface area contributed by atoms with Crippen LogP contribution in [-0.2, 0) is 0 Å². The molecule has 2 atom stereocenters. The Morgan fingerprint density at radius 1 is 1.35 bits per heavy atom. The van der Waals surface area contributed by atoms with E-state index in [9.17, 15) is 8.78 Å². The smallest absolute Gasteiger partial charge is 0.387 e. The average Bonchev–Trinajstić information content (AvgIpc) is 2.94. The van der Waals surface area contributed by atoms with Gasteiger partial charge in [-0.15, -0.1) is 0 Å². The Labute approximate surface area is 133 Å². The largest absolute Gasteiger partial charge is 0.487 e. The van der Waals surface area contributed by atoms with E-state index in [1.807, 2.05) is 13.8 Å². The fraction of sp³-hybridized carbons (Fsp3) is 0.600. The summed E-state index contributed by atoms with van der Waals surface area (Å²) in [6.07, 6.45) is 0.666. The van der Waals surface area contributed by atoms with Crippen LogP contribution in [0.5, 0.6) is 11.5 Å². The maximum absolute atomic E-state index is 12.5. The van der Waals surface area contributed by atoms with Gasteiger partial charge in [-0.1, -0.05) is 11.2 Å². The van der Waals surface area contributed by atoms with Crippen LogP contribution in [0.2, 0.25) is 0 Å². The molecule has 0 unspecified atom stereocenters. The topological polar surface area (TPSA) is 79.2 Å². The van der Waals surface area contributed by atoms with Gasteiger partial charge in [-0.25, -0.2) is 0 Å². The Balaban J connectivity index is 2.15. The number of benzene rings is 1. The molecule has 23 heavy (non-hydrogen) atoms. The fourth-order valence-electron chi connectivity index (χ4n) is 2.67. The molecular formula is C15H20F2N4O2. The Hall–Kier alpha value is -2.05. The molecule has 0 aromatic heterocycles. The van der Waals surface area contributed by atoms with Crippen molar-refractivity contribution in [2.24, 2.45) is 5.11 Å². The predicted octanol–water partition coefficient (Wildman–Crippen LogP) is 3.83. The summed E-state index contributed by atoms with van der Waals surface area (Å²) in [7, 11) is 0. The normalized spacial score (nSPS) is 20.6. The minimum atomic E-state index is -2.89. The number of alkyl halides is 2. The minimum absolute atomic E-state index is 0.0361. The monoisotopic (exact) mass is 326 g/mol. The van der Waals surface area contributed by atoms with Crippen LogP contribution >= 0.6 is 0 Å². The van der Waals surface area contributed by atoms with E-state index in [-0.39, 0.29) is 23.8 Å². The molecule has 1 heterocycles. The second kappa shape index (κ2) is 7.99. The zero-order valence-corrected chi connectivity index (χ0v) is 13.1. The SMILES string of the molecule is CC(C)Oc1cc([C@H]2CN[C@@H](CN=[N+]=[N-])C2)ccc1OC(F)F. The third kappa shape index (κ3) is 4.97. The maximum atomic E-state index is 12.5. The van der Waals surface area contributed by atoms with Crippen molar-refractivity contribution in [2.45, 2.75) is 44.9 Å². The molecular weight excluding hydrogens is 306 g/mol. The van der Waals surface area contributed by atoms with Crippen LogP contribution in [0, 0.1) is 0 Å². The van der Waals surface area contributed by atoms with Crippen LogP contribution in [0.25, 0.3) is 10.4 Å². The highest BCUT2D eigenvalue weighted by Gasteiger charge is 2.26. The lowest BCUT2D eigenvalue weighted by Gasteiger charge is -2.17. The summed E-state index contributed by atoms with van der Waals surface area (Å²) in [5.41, 5.74) is 9.36. The molecule has 0 spiro atoms. The van der Waals surface area contributed by atoms with E-state index >= 15 is 0 Å². The molecule has 0 amide bonds. The molecule has 1 fully saturated rings. The summed E-state index contributed by atoms with van der Waals surface area (Å²) >= 11 is 0. The molecule has 0 aliphatic carbocycles. The molecule has 1 aliphatic heterocycles. The first-order chi connectivity index (χ1) is 11.0. The van der Waals surface area contributed by atoms with Gasteiger partial charge in [-0.2, -0.15) is 8.78 Å². The van der Waals surface area contributed by atoms with Crippen LogP contribution in [0.4, 0.5) is 8.78 Å². The van der Waals surface area contributed by atoms with Gasteiger partial charge in [-0.3, -0.25) is 0 Å². The summed E-state index contributed by atoms with van der Waals surface area (Å²) < 4.78 is 35.1. The molecule has 6 nitrogen and oxygen atoms in total. The molecule has 1 N–H and O–H groups in total. The number of nitrogens with zero attached hydrogens (tertiary/aromatic N) is 3. The van der Waals surface area contributed by atoms with Gasteiger partial charge in [-0.05, 0) is 49.4 Å². The van der Waals surface area contributed by atoms with Crippen molar-refractivity contribution in [1.29, 1.82) is 0 Å². The second-order valence-electron chi connectivity index (χ2n) is 5.70. The van der Waals surface area contributed by atoms with Crippen LogP contribution in [0.1, 0.15) is 31.7 Å².